The largest absolute Gasteiger partial charge is 0.489 e. The first kappa shape index (κ1) is 13.3. The highest BCUT2D eigenvalue weighted by molar-refractivity contribution is 5.66. The summed E-state index contributed by atoms with van der Waals surface area (Å²) >= 11 is 0. The molecule has 0 saturated carbocycles. The number of carbonyl (C=O) groups is 1. The van der Waals surface area contributed by atoms with Gasteiger partial charge in [0.25, 0.3) is 0 Å². The quantitative estimate of drug-likeness (QED) is 0.738. The molecule has 1 N–H and O–H groups in total. The van der Waals surface area contributed by atoms with Gasteiger partial charge in [0, 0.05) is 6.42 Å². The van der Waals surface area contributed by atoms with Crippen LogP contribution >= 0.6 is 0 Å². The molecule has 0 unspecified atom stereocenters. The highest BCUT2D eigenvalue weighted by Gasteiger charge is 2.05. The summed E-state index contributed by atoms with van der Waals surface area (Å²) in [5.41, 5.74) is 2.22. The van der Waals surface area contributed by atoms with Crippen molar-refractivity contribution in [3.63, 3.8) is 0 Å². The van der Waals surface area contributed by atoms with Crippen molar-refractivity contribution in [1.29, 1.82) is 0 Å². The van der Waals surface area contributed by atoms with E-state index in [1.807, 2.05) is 25.1 Å². The molecule has 0 amide bonds. The maximum atomic E-state index is 10.5. The molecule has 0 bridgehead atoms. The van der Waals surface area contributed by atoms with Crippen molar-refractivity contribution in [1.82, 2.24) is 0 Å². The second-order valence-electron chi connectivity index (χ2n) is 3.96. The summed E-state index contributed by atoms with van der Waals surface area (Å²) in [5, 5.41) is 8.61. The first-order chi connectivity index (χ1) is 8.13. The van der Waals surface area contributed by atoms with Crippen LogP contribution in [0.4, 0.5) is 0 Å². The molecule has 1 aromatic rings. The van der Waals surface area contributed by atoms with Crippen LogP contribution in [0.25, 0.3) is 0 Å². The van der Waals surface area contributed by atoms with E-state index in [4.69, 9.17) is 9.84 Å². The fourth-order valence-electron chi connectivity index (χ4n) is 1.62. The van der Waals surface area contributed by atoms with E-state index in [2.05, 4.69) is 6.58 Å². The fourth-order valence-corrected chi connectivity index (χ4v) is 1.62. The third-order valence-electron chi connectivity index (χ3n) is 2.41. The van der Waals surface area contributed by atoms with Gasteiger partial charge in [0.05, 0.1) is 0 Å². The zero-order valence-corrected chi connectivity index (χ0v) is 10.1. The lowest BCUT2D eigenvalue weighted by atomic mass is 10.0. The predicted molar refractivity (Wildman–Crippen MR) is 67.4 cm³/mol. The molecular formula is C14H18O3. The molecule has 3 nitrogen and oxygen atoms in total. The second-order valence-corrected chi connectivity index (χ2v) is 3.96. The predicted octanol–water partition coefficient (Wildman–Crippen LogP) is 2.97. The molecule has 0 radical (unpaired) electrons. The lowest BCUT2D eigenvalue weighted by Gasteiger charge is -2.10. The lowest BCUT2D eigenvalue weighted by molar-refractivity contribution is -0.137. The van der Waals surface area contributed by atoms with E-state index < -0.39 is 5.97 Å². The van der Waals surface area contributed by atoms with E-state index in [-0.39, 0.29) is 6.42 Å². The SMILES string of the molecule is C=CCOc1ccc(C)cc1CCCC(=O)O. The first-order valence-corrected chi connectivity index (χ1v) is 5.68. The molecule has 0 atom stereocenters. The summed E-state index contributed by atoms with van der Waals surface area (Å²) in [6, 6.07) is 5.95. The van der Waals surface area contributed by atoms with Gasteiger partial charge in [0.1, 0.15) is 12.4 Å². The van der Waals surface area contributed by atoms with Crippen molar-refractivity contribution in [3.8, 4) is 5.75 Å². The topological polar surface area (TPSA) is 46.5 Å². The summed E-state index contributed by atoms with van der Waals surface area (Å²) in [6.07, 6.45) is 3.24. The van der Waals surface area contributed by atoms with Gasteiger partial charge in [0.15, 0.2) is 0 Å². The van der Waals surface area contributed by atoms with E-state index in [9.17, 15) is 4.79 Å². The van der Waals surface area contributed by atoms with Gasteiger partial charge >= 0.3 is 5.97 Å². The Hall–Kier alpha value is -1.77. The van der Waals surface area contributed by atoms with Crippen molar-refractivity contribution in [2.75, 3.05) is 6.61 Å². The zero-order chi connectivity index (χ0) is 12.7. The molecule has 0 aliphatic heterocycles. The zero-order valence-electron chi connectivity index (χ0n) is 10.1. The number of hydrogen-bond acceptors (Lipinski definition) is 2. The number of ether oxygens (including phenoxy) is 1. The summed E-state index contributed by atoms with van der Waals surface area (Å²) < 4.78 is 5.53. The van der Waals surface area contributed by atoms with Crippen molar-refractivity contribution in [2.45, 2.75) is 26.2 Å². The molecule has 1 aromatic carbocycles. The minimum Gasteiger partial charge on any atom is -0.489 e. The molecule has 1 rings (SSSR count). The Labute approximate surface area is 102 Å². The van der Waals surface area contributed by atoms with Crippen LogP contribution in [0.1, 0.15) is 24.0 Å². The van der Waals surface area contributed by atoms with E-state index in [1.54, 1.807) is 6.08 Å². The number of rotatable bonds is 7. The first-order valence-electron chi connectivity index (χ1n) is 5.68. The Morgan fingerprint density at radius 1 is 1.53 bits per heavy atom. The third kappa shape index (κ3) is 4.72. The van der Waals surface area contributed by atoms with E-state index in [0.29, 0.717) is 13.0 Å². The normalized spacial score (nSPS) is 9.94. The maximum Gasteiger partial charge on any atom is 0.303 e. The van der Waals surface area contributed by atoms with Crippen LogP contribution in [-0.4, -0.2) is 17.7 Å². The molecule has 0 aromatic heterocycles. The molecule has 92 valence electrons. The molecule has 0 fully saturated rings. The average Bonchev–Trinajstić information content (AvgIpc) is 2.27. The summed E-state index contributed by atoms with van der Waals surface area (Å²) in [5.74, 6) is 0.0621. The maximum absolute atomic E-state index is 10.5. The number of benzene rings is 1. The molecule has 0 spiro atoms. The Bertz CT molecular complexity index is 396. The standard InChI is InChI=1S/C14H18O3/c1-3-9-17-13-8-7-11(2)10-12(13)5-4-6-14(15)16/h3,7-8,10H,1,4-6,9H2,2H3,(H,15,16). The number of aryl methyl sites for hydroxylation is 2. The second kappa shape index (κ2) is 6.74. The minimum absolute atomic E-state index is 0.189. The van der Waals surface area contributed by atoms with Gasteiger partial charge in [-0.1, -0.05) is 30.4 Å². The molecular weight excluding hydrogens is 216 g/mol. The van der Waals surface area contributed by atoms with Crippen LogP contribution in [0.2, 0.25) is 0 Å². The Morgan fingerprint density at radius 2 is 2.29 bits per heavy atom. The van der Waals surface area contributed by atoms with Gasteiger partial charge < -0.3 is 9.84 Å². The minimum atomic E-state index is -0.758. The number of aliphatic carboxylic acids is 1. The Morgan fingerprint density at radius 3 is 2.94 bits per heavy atom. The van der Waals surface area contributed by atoms with Gasteiger partial charge in [-0.3, -0.25) is 4.79 Å². The van der Waals surface area contributed by atoms with Crippen molar-refractivity contribution in [3.05, 3.63) is 42.0 Å². The number of hydrogen-bond donors (Lipinski definition) is 1. The lowest BCUT2D eigenvalue weighted by Crippen LogP contribution is -2.00. The molecule has 0 heterocycles. The molecule has 0 aliphatic rings. The summed E-state index contributed by atoms with van der Waals surface area (Å²) in [6.45, 7) is 6.08. The van der Waals surface area contributed by atoms with Gasteiger partial charge in [-0.25, -0.2) is 0 Å². The summed E-state index contributed by atoms with van der Waals surface area (Å²) in [7, 11) is 0. The Balaban J connectivity index is 2.68. The van der Waals surface area contributed by atoms with Crippen molar-refractivity contribution < 1.29 is 14.6 Å². The molecule has 0 aliphatic carbocycles. The number of carboxylic acid groups (broad SMARTS) is 1. The number of carboxylic acids is 1. The smallest absolute Gasteiger partial charge is 0.303 e. The monoisotopic (exact) mass is 234 g/mol. The summed E-state index contributed by atoms with van der Waals surface area (Å²) in [4.78, 5) is 10.5. The average molecular weight is 234 g/mol. The fraction of sp³-hybridized carbons (Fsp3) is 0.357. The van der Waals surface area contributed by atoms with Crippen LogP contribution in [0, 0.1) is 6.92 Å². The van der Waals surface area contributed by atoms with E-state index in [0.717, 1.165) is 23.3 Å². The van der Waals surface area contributed by atoms with Gasteiger partial charge in [-0.05, 0) is 31.4 Å². The van der Waals surface area contributed by atoms with Gasteiger partial charge in [-0.2, -0.15) is 0 Å². The highest BCUT2D eigenvalue weighted by atomic mass is 16.5. The van der Waals surface area contributed by atoms with Crippen molar-refractivity contribution in [2.24, 2.45) is 0 Å². The van der Waals surface area contributed by atoms with Gasteiger partial charge in [-0.15, -0.1) is 0 Å². The van der Waals surface area contributed by atoms with Crippen LogP contribution in [-0.2, 0) is 11.2 Å². The Kier molecular flexibility index (Phi) is 5.27. The van der Waals surface area contributed by atoms with Gasteiger partial charge in [0.2, 0.25) is 0 Å². The van der Waals surface area contributed by atoms with Crippen LogP contribution in [0.5, 0.6) is 5.75 Å². The highest BCUT2D eigenvalue weighted by Crippen LogP contribution is 2.22. The van der Waals surface area contributed by atoms with E-state index >= 15 is 0 Å². The van der Waals surface area contributed by atoms with E-state index in [1.165, 1.54) is 0 Å². The van der Waals surface area contributed by atoms with Crippen LogP contribution < -0.4 is 4.74 Å². The van der Waals surface area contributed by atoms with Crippen LogP contribution in [0.3, 0.4) is 0 Å². The molecule has 3 heteroatoms. The van der Waals surface area contributed by atoms with Crippen molar-refractivity contribution >= 4 is 5.97 Å². The molecule has 0 saturated heterocycles. The third-order valence-corrected chi connectivity index (χ3v) is 2.41. The molecule has 17 heavy (non-hydrogen) atoms. The van der Waals surface area contributed by atoms with Crippen LogP contribution in [0.15, 0.2) is 30.9 Å².